The topological polar surface area (TPSA) is 40.6 Å². The molecule has 0 radical (unpaired) electrons. The van der Waals surface area contributed by atoms with Crippen LogP contribution in [-0.2, 0) is 10.2 Å². The maximum atomic E-state index is 12.1. The average molecular weight is 261 g/mol. The van der Waals surface area contributed by atoms with Gasteiger partial charge in [0.25, 0.3) is 0 Å². The van der Waals surface area contributed by atoms with Crippen LogP contribution in [0.5, 0.6) is 0 Å². The van der Waals surface area contributed by atoms with Gasteiger partial charge in [-0.05, 0) is 18.6 Å². The van der Waals surface area contributed by atoms with Crippen molar-refractivity contribution in [2.75, 3.05) is 24.4 Å². The van der Waals surface area contributed by atoms with Crippen LogP contribution < -0.4 is 4.31 Å². The van der Waals surface area contributed by atoms with Crippen molar-refractivity contribution in [1.82, 2.24) is 4.31 Å². The predicted octanol–water partition coefficient (Wildman–Crippen LogP) is 1.73. The lowest BCUT2D eigenvalue weighted by Gasteiger charge is -2.34. The predicted molar refractivity (Wildman–Crippen MR) is 65.0 cm³/mol. The number of para-hydroxylation sites is 1. The van der Waals surface area contributed by atoms with E-state index in [0.717, 1.165) is 6.42 Å². The first kappa shape index (κ1) is 11.7. The van der Waals surface area contributed by atoms with Gasteiger partial charge in [-0.25, -0.2) is 0 Å². The van der Waals surface area contributed by atoms with Crippen molar-refractivity contribution in [2.45, 2.75) is 6.42 Å². The van der Waals surface area contributed by atoms with Gasteiger partial charge >= 0.3 is 10.2 Å². The third kappa shape index (κ3) is 1.90. The molecule has 0 N–H and O–H groups in total. The lowest BCUT2D eigenvalue weighted by atomic mass is 10.3. The highest BCUT2D eigenvalue weighted by atomic mass is 35.5. The molecule has 2 rings (SSSR count). The number of hydrogen-bond acceptors (Lipinski definition) is 2. The van der Waals surface area contributed by atoms with Gasteiger partial charge in [-0.15, -0.1) is 0 Å². The fraction of sp³-hybridized carbons (Fsp3) is 0.400. The Morgan fingerprint density at radius 2 is 1.94 bits per heavy atom. The fourth-order valence-electron chi connectivity index (χ4n) is 1.73. The van der Waals surface area contributed by atoms with Crippen LogP contribution in [0.15, 0.2) is 24.3 Å². The van der Waals surface area contributed by atoms with E-state index in [1.54, 1.807) is 31.3 Å². The molecule has 16 heavy (non-hydrogen) atoms. The van der Waals surface area contributed by atoms with Crippen molar-refractivity contribution in [3.05, 3.63) is 29.3 Å². The van der Waals surface area contributed by atoms with E-state index < -0.39 is 10.2 Å². The van der Waals surface area contributed by atoms with E-state index >= 15 is 0 Å². The van der Waals surface area contributed by atoms with Gasteiger partial charge in [-0.1, -0.05) is 23.7 Å². The molecule has 0 bridgehead atoms. The van der Waals surface area contributed by atoms with Crippen LogP contribution in [-0.4, -0.2) is 32.9 Å². The number of rotatable bonds is 1. The van der Waals surface area contributed by atoms with E-state index in [0.29, 0.717) is 23.8 Å². The average Bonchev–Trinajstić information content (AvgIpc) is 2.24. The molecule has 0 unspecified atom stereocenters. The minimum absolute atomic E-state index is 0.460. The number of hydrogen-bond donors (Lipinski definition) is 0. The van der Waals surface area contributed by atoms with Gasteiger partial charge in [-0.3, -0.25) is 4.31 Å². The number of halogens is 1. The second-order valence-corrected chi connectivity index (χ2v) is 6.07. The smallest absolute Gasteiger partial charge is 0.256 e. The Hall–Kier alpha value is -0.780. The Kier molecular flexibility index (Phi) is 3.10. The van der Waals surface area contributed by atoms with Crippen molar-refractivity contribution in [3.8, 4) is 0 Å². The standard InChI is InChI=1S/C10H13ClN2O2S/c1-12-7-4-8-13(16(12,14)15)10-6-3-2-5-9(10)11/h2-3,5-6H,4,7-8H2,1H3. The molecule has 1 saturated heterocycles. The van der Waals surface area contributed by atoms with Crippen LogP contribution in [0, 0.1) is 0 Å². The first-order valence-corrected chi connectivity index (χ1v) is 6.79. The zero-order valence-corrected chi connectivity index (χ0v) is 10.5. The van der Waals surface area contributed by atoms with Crippen LogP contribution >= 0.6 is 11.6 Å². The van der Waals surface area contributed by atoms with E-state index in [2.05, 4.69) is 0 Å². The summed E-state index contributed by atoms with van der Waals surface area (Å²) < 4.78 is 26.8. The zero-order chi connectivity index (χ0) is 11.8. The summed E-state index contributed by atoms with van der Waals surface area (Å²) in [7, 11) is -1.81. The van der Waals surface area contributed by atoms with Crippen molar-refractivity contribution < 1.29 is 8.42 Å². The molecule has 1 heterocycles. The summed E-state index contributed by atoms with van der Waals surface area (Å²) in [5, 5.41) is 0.460. The van der Waals surface area contributed by atoms with Gasteiger partial charge in [0.2, 0.25) is 0 Å². The minimum Gasteiger partial charge on any atom is -0.256 e. The quantitative estimate of drug-likeness (QED) is 0.772. The first-order chi connectivity index (χ1) is 7.53. The van der Waals surface area contributed by atoms with Gasteiger partial charge in [0.15, 0.2) is 0 Å². The molecule has 0 saturated carbocycles. The third-order valence-corrected chi connectivity index (χ3v) is 4.85. The molecule has 1 aromatic rings. The second kappa shape index (κ2) is 4.24. The molecular weight excluding hydrogens is 248 g/mol. The minimum atomic E-state index is -3.40. The van der Waals surface area contributed by atoms with E-state index in [1.165, 1.54) is 8.61 Å². The third-order valence-electron chi connectivity index (χ3n) is 2.63. The SMILES string of the molecule is CN1CCCN(c2ccccc2Cl)S1(=O)=O. The molecule has 0 atom stereocenters. The zero-order valence-electron chi connectivity index (χ0n) is 8.93. The maximum absolute atomic E-state index is 12.1. The van der Waals surface area contributed by atoms with Gasteiger partial charge in [0, 0.05) is 20.1 Å². The van der Waals surface area contributed by atoms with Gasteiger partial charge in [0.1, 0.15) is 0 Å². The largest absolute Gasteiger partial charge is 0.303 e. The molecule has 0 aromatic heterocycles. The lowest BCUT2D eigenvalue weighted by molar-refractivity contribution is 0.438. The van der Waals surface area contributed by atoms with E-state index in [1.807, 2.05) is 0 Å². The lowest BCUT2D eigenvalue weighted by Crippen LogP contribution is -2.48. The summed E-state index contributed by atoms with van der Waals surface area (Å²) in [6.07, 6.45) is 0.807. The summed E-state index contributed by atoms with van der Waals surface area (Å²) in [6, 6.07) is 6.98. The summed E-state index contributed by atoms with van der Waals surface area (Å²) in [6.45, 7) is 1.04. The second-order valence-electron chi connectivity index (χ2n) is 3.71. The van der Waals surface area contributed by atoms with Crippen LogP contribution in [0.4, 0.5) is 5.69 Å². The van der Waals surface area contributed by atoms with Crippen molar-refractivity contribution in [3.63, 3.8) is 0 Å². The van der Waals surface area contributed by atoms with Crippen LogP contribution in [0.25, 0.3) is 0 Å². The van der Waals surface area contributed by atoms with Gasteiger partial charge in [-0.2, -0.15) is 12.7 Å². The Balaban J connectivity index is 2.45. The highest BCUT2D eigenvalue weighted by Gasteiger charge is 2.31. The van der Waals surface area contributed by atoms with Crippen molar-refractivity contribution in [1.29, 1.82) is 0 Å². The summed E-state index contributed by atoms with van der Waals surface area (Å²) in [4.78, 5) is 0. The van der Waals surface area contributed by atoms with E-state index in [9.17, 15) is 8.42 Å². The molecule has 0 spiro atoms. The molecule has 0 amide bonds. The molecular formula is C10H13ClN2O2S. The molecule has 1 aliphatic rings. The summed E-state index contributed by atoms with van der Waals surface area (Å²) in [5.74, 6) is 0. The fourth-order valence-corrected chi connectivity index (χ4v) is 3.49. The Labute approximate surface area is 101 Å². The molecule has 1 aliphatic heterocycles. The van der Waals surface area contributed by atoms with Crippen LogP contribution in [0.2, 0.25) is 5.02 Å². The first-order valence-electron chi connectivity index (χ1n) is 5.02. The Bertz CT molecular complexity index is 489. The molecule has 0 aliphatic carbocycles. The van der Waals surface area contributed by atoms with Crippen molar-refractivity contribution in [2.24, 2.45) is 0 Å². The Morgan fingerprint density at radius 3 is 2.62 bits per heavy atom. The molecule has 4 nitrogen and oxygen atoms in total. The van der Waals surface area contributed by atoms with E-state index in [-0.39, 0.29) is 0 Å². The van der Waals surface area contributed by atoms with Gasteiger partial charge in [0.05, 0.1) is 10.7 Å². The number of benzene rings is 1. The van der Waals surface area contributed by atoms with Crippen LogP contribution in [0.3, 0.4) is 0 Å². The highest BCUT2D eigenvalue weighted by Crippen LogP contribution is 2.30. The monoisotopic (exact) mass is 260 g/mol. The van der Waals surface area contributed by atoms with E-state index in [4.69, 9.17) is 11.6 Å². The summed E-state index contributed by atoms with van der Waals surface area (Å²) >= 11 is 6.01. The Morgan fingerprint density at radius 1 is 1.25 bits per heavy atom. The molecule has 1 aromatic carbocycles. The number of nitrogens with zero attached hydrogens (tertiary/aromatic N) is 2. The van der Waals surface area contributed by atoms with Gasteiger partial charge < -0.3 is 0 Å². The molecule has 6 heteroatoms. The summed E-state index contributed by atoms with van der Waals surface area (Å²) in [5.41, 5.74) is 0.552. The van der Waals surface area contributed by atoms with Crippen molar-refractivity contribution >= 4 is 27.5 Å². The highest BCUT2D eigenvalue weighted by molar-refractivity contribution is 7.90. The molecule has 88 valence electrons. The normalized spacial score (nSPS) is 21.0. The maximum Gasteiger partial charge on any atom is 0.303 e. The van der Waals surface area contributed by atoms with Crippen LogP contribution in [0.1, 0.15) is 6.42 Å². The molecule has 1 fully saturated rings. The number of anilines is 1.